The second kappa shape index (κ2) is 3.81. The number of thiophene rings is 2. The third-order valence-corrected chi connectivity index (χ3v) is 5.70. The number of hydrogen-bond donors (Lipinski definition) is 0. The smallest absolute Gasteiger partial charge is 0.0349 e. The first-order chi connectivity index (χ1) is 9.87. The van der Waals surface area contributed by atoms with Gasteiger partial charge in [-0.1, -0.05) is 0 Å². The molecule has 0 spiro atoms. The fourth-order valence-corrected chi connectivity index (χ4v) is 4.56. The molecule has 0 radical (unpaired) electrons. The molecule has 2 heteroatoms. The minimum atomic E-state index is 1.33. The summed E-state index contributed by atoms with van der Waals surface area (Å²) in [6.45, 7) is 0. The minimum absolute atomic E-state index is 1.33. The van der Waals surface area contributed by atoms with E-state index in [0.29, 0.717) is 0 Å². The van der Waals surface area contributed by atoms with Crippen molar-refractivity contribution < 1.29 is 0 Å². The van der Waals surface area contributed by atoms with Crippen molar-refractivity contribution in [3.63, 3.8) is 0 Å². The summed E-state index contributed by atoms with van der Waals surface area (Å²) in [5.74, 6) is 0. The van der Waals surface area contributed by atoms with Crippen molar-refractivity contribution in [1.82, 2.24) is 0 Å². The largest absolute Gasteiger partial charge is 0.144 e. The van der Waals surface area contributed by atoms with Crippen LogP contribution in [0.4, 0.5) is 0 Å². The van der Waals surface area contributed by atoms with Crippen molar-refractivity contribution >= 4 is 64.4 Å². The van der Waals surface area contributed by atoms with E-state index in [1.54, 1.807) is 0 Å². The molecule has 0 amide bonds. The van der Waals surface area contributed by atoms with E-state index in [1.807, 2.05) is 22.7 Å². The Morgan fingerprint density at radius 1 is 0.450 bits per heavy atom. The van der Waals surface area contributed by atoms with Gasteiger partial charge < -0.3 is 0 Å². The molecule has 0 atom stereocenters. The highest BCUT2D eigenvalue weighted by atomic mass is 32.1. The summed E-state index contributed by atoms with van der Waals surface area (Å²) in [7, 11) is 0. The van der Waals surface area contributed by atoms with Gasteiger partial charge in [0, 0.05) is 9.40 Å². The maximum atomic E-state index is 2.32. The Balaban J connectivity index is 1.98. The second-order valence-electron chi connectivity index (χ2n) is 5.17. The maximum Gasteiger partial charge on any atom is 0.0349 e. The molecule has 5 rings (SSSR count). The van der Waals surface area contributed by atoms with Crippen LogP contribution in [-0.4, -0.2) is 0 Å². The second-order valence-corrected chi connectivity index (χ2v) is 7.06. The Kier molecular flexibility index (Phi) is 2.07. The highest BCUT2D eigenvalue weighted by Crippen LogP contribution is 2.32. The fraction of sp³-hybridized carbons (Fsp3) is 0. The van der Waals surface area contributed by atoms with Crippen molar-refractivity contribution in [3.8, 4) is 0 Å². The van der Waals surface area contributed by atoms with Crippen molar-refractivity contribution in [3.05, 3.63) is 59.3 Å². The Hall–Kier alpha value is -1.90. The SMILES string of the molecule is c1cc2cc3cc4cc5ccsc5cc4cc3cc2s1. The average molecular weight is 290 g/mol. The molecule has 20 heavy (non-hydrogen) atoms. The van der Waals surface area contributed by atoms with E-state index in [4.69, 9.17) is 0 Å². The molecular weight excluding hydrogens is 280 g/mol. The van der Waals surface area contributed by atoms with Gasteiger partial charge in [-0.25, -0.2) is 0 Å². The van der Waals surface area contributed by atoms with Crippen molar-refractivity contribution in [2.24, 2.45) is 0 Å². The van der Waals surface area contributed by atoms with Crippen molar-refractivity contribution in [2.75, 3.05) is 0 Å². The zero-order chi connectivity index (χ0) is 13.1. The highest BCUT2D eigenvalue weighted by Gasteiger charge is 2.04. The number of rotatable bonds is 0. The Morgan fingerprint density at radius 2 is 0.850 bits per heavy atom. The lowest BCUT2D eigenvalue weighted by molar-refractivity contribution is 1.89. The zero-order valence-electron chi connectivity index (χ0n) is 10.6. The van der Waals surface area contributed by atoms with Crippen LogP contribution >= 0.6 is 22.7 Å². The van der Waals surface area contributed by atoms with Crippen LogP contribution in [0.5, 0.6) is 0 Å². The van der Waals surface area contributed by atoms with Gasteiger partial charge in [0.05, 0.1) is 0 Å². The van der Waals surface area contributed by atoms with Gasteiger partial charge in [-0.2, -0.15) is 0 Å². The first-order valence-corrected chi connectivity index (χ1v) is 8.35. The summed E-state index contributed by atoms with van der Waals surface area (Å²) in [6, 6.07) is 18.3. The van der Waals surface area contributed by atoms with Crippen molar-refractivity contribution in [1.29, 1.82) is 0 Å². The maximum absolute atomic E-state index is 2.32. The van der Waals surface area contributed by atoms with Gasteiger partial charge in [0.2, 0.25) is 0 Å². The molecule has 0 aliphatic heterocycles. The average Bonchev–Trinajstić information content (AvgIpc) is 3.07. The summed E-state index contributed by atoms with van der Waals surface area (Å²) < 4.78 is 2.74. The molecule has 0 saturated carbocycles. The van der Waals surface area contributed by atoms with E-state index < -0.39 is 0 Å². The van der Waals surface area contributed by atoms with Crippen LogP contribution in [0.1, 0.15) is 0 Å². The number of fused-ring (bicyclic) bond motifs is 4. The minimum Gasteiger partial charge on any atom is -0.144 e. The predicted octanol–water partition coefficient (Wildman–Crippen LogP) is 6.42. The first-order valence-electron chi connectivity index (χ1n) is 6.59. The molecule has 0 unspecified atom stereocenters. The van der Waals surface area contributed by atoms with Crippen LogP contribution < -0.4 is 0 Å². The number of hydrogen-bond acceptors (Lipinski definition) is 2. The number of benzene rings is 3. The van der Waals surface area contributed by atoms with Crippen LogP contribution in [0, 0.1) is 0 Å². The molecule has 0 aliphatic rings. The molecule has 0 fully saturated rings. The molecule has 0 bridgehead atoms. The molecule has 5 aromatic rings. The molecule has 2 heterocycles. The zero-order valence-corrected chi connectivity index (χ0v) is 12.2. The van der Waals surface area contributed by atoms with Crippen LogP contribution in [0.2, 0.25) is 0 Å². The summed E-state index contributed by atoms with van der Waals surface area (Å²) in [6.07, 6.45) is 0. The van der Waals surface area contributed by atoms with Crippen LogP contribution in [0.15, 0.2) is 59.3 Å². The quantitative estimate of drug-likeness (QED) is 0.289. The standard InChI is InChI=1S/C18H10S2/c1-3-19-17-9-15-8-16-10-18-12(2-4-20-18)6-14(16)7-13(15)5-11(1)17/h1-10H. The van der Waals surface area contributed by atoms with Crippen LogP contribution in [0.3, 0.4) is 0 Å². The normalized spacial score (nSPS) is 12.0. The van der Waals surface area contributed by atoms with E-state index in [9.17, 15) is 0 Å². The van der Waals surface area contributed by atoms with Gasteiger partial charge in [-0.15, -0.1) is 22.7 Å². The summed E-state index contributed by atoms with van der Waals surface area (Å²) >= 11 is 3.63. The lowest BCUT2D eigenvalue weighted by Crippen LogP contribution is -1.76. The third-order valence-electron chi connectivity index (χ3n) is 3.94. The summed E-state index contributed by atoms with van der Waals surface area (Å²) in [5, 5.41) is 12.4. The van der Waals surface area contributed by atoms with E-state index in [1.165, 1.54) is 41.7 Å². The van der Waals surface area contributed by atoms with Gasteiger partial charge in [0.25, 0.3) is 0 Å². The Bertz CT molecular complexity index is 926. The fourth-order valence-electron chi connectivity index (χ4n) is 2.92. The van der Waals surface area contributed by atoms with Gasteiger partial charge in [0.1, 0.15) is 0 Å². The van der Waals surface area contributed by atoms with Crippen LogP contribution in [-0.2, 0) is 0 Å². The lowest BCUT2D eigenvalue weighted by Gasteiger charge is -2.04. The van der Waals surface area contributed by atoms with Gasteiger partial charge in [-0.3, -0.25) is 0 Å². The van der Waals surface area contributed by atoms with Gasteiger partial charge in [0.15, 0.2) is 0 Å². The summed E-state index contributed by atoms with van der Waals surface area (Å²) in [4.78, 5) is 0. The molecule has 94 valence electrons. The molecule has 2 aromatic heterocycles. The molecular formula is C18H10S2. The van der Waals surface area contributed by atoms with Crippen LogP contribution in [0.25, 0.3) is 41.7 Å². The summed E-state index contributed by atoms with van der Waals surface area (Å²) in [5.41, 5.74) is 0. The van der Waals surface area contributed by atoms with Crippen molar-refractivity contribution in [2.45, 2.75) is 0 Å². The molecule has 3 aromatic carbocycles. The van der Waals surface area contributed by atoms with E-state index in [0.717, 1.165) is 0 Å². The predicted molar refractivity (Wildman–Crippen MR) is 92.2 cm³/mol. The Morgan fingerprint density at radius 3 is 1.35 bits per heavy atom. The monoisotopic (exact) mass is 290 g/mol. The first kappa shape index (κ1) is 10.8. The Labute approximate surface area is 123 Å². The topological polar surface area (TPSA) is 0 Å². The van der Waals surface area contributed by atoms with E-state index >= 15 is 0 Å². The third kappa shape index (κ3) is 1.46. The molecule has 0 aliphatic carbocycles. The highest BCUT2D eigenvalue weighted by molar-refractivity contribution is 7.17. The molecule has 0 N–H and O–H groups in total. The van der Waals surface area contributed by atoms with Gasteiger partial charge in [-0.05, 0) is 91.6 Å². The lowest BCUT2D eigenvalue weighted by atomic mass is 10.0. The van der Waals surface area contributed by atoms with E-state index in [-0.39, 0.29) is 0 Å². The molecule has 0 saturated heterocycles. The molecule has 0 nitrogen and oxygen atoms in total. The van der Waals surface area contributed by atoms with Gasteiger partial charge >= 0.3 is 0 Å². The van der Waals surface area contributed by atoms with E-state index in [2.05, 4.69) is 59.3 Å².